The van der Waals surface area contributed by atoms with Crippen LogP contribution in [-0.2, 0) is 24.8 Å². The summed E-state index contributed by atoms with van der Waals surface area (Å²) in [6.45, 7) is 5.62. The minimum Gasteiger partial charge on any atom is -0.480 e. The molecule has 1 rings (SSSR count). The molecule has 0 aliphatic rings. The van der Waals surface area contributed by atoms with Gasteiger partial charge in [0.2, 0.25) is 20.0 Å². The van der Waals surface area contributed by atoms with Gasteiger partial charge in [0, 0.05) is 13.1 Å². The molecule has 0 radical (unpaired) electrons. The molecule has 0 saturated heterocycles. The van der Waals surface area contributed by atoms with Crippen molar-refractivity contribution in [2.45, 2.75) is 49.4 Å². The van der Waals surface area contributed by atoms with E-state index in [2.05, 4.69) is 4.72 Å². The van der Waals surface area contributed by atoms with Crippen LogP contribution in [0, 0.1) is 0 Å². The highest BCUT2D eigenvalue weighted by molar-refractivity contribution is 7.90. The minimum absolute atomic E-state index is 0.131. The SMILES string of the molecule is CCCC(NS(=O)(=O)c1cccc(S(=O)(=O)N(CC)CC)c1)C(=O)O. The van der Waals surface area contributed by atoms with Gasteiger partial charge in [-0.25, -0.2) is 16.8 Å². The highest BCUT2D eigenvalue weighted by atomic mass is 32.2. The van der Waals surface area contributed by atoms with E-state index in [4.69, 9.17) is 5.11 Å². The predicted octanol–water partition coefficient (Wildman–Crippen LogP) is 1.25. The maximum atomic E-state index is 12.5. The molecule has 0 heterocycles. The normalized spacial score (nSPS) is 13.8. The van der Waals surface area contributed by atoms with Gasteiger partial charge < -0.3 is 5.11 Å². The van der Waals surface area contributed by atoms with E-state index >= 15 is 0 Å². The van der Waals surface area contributed by atoms with E-state index in [1.165, 1.54) is 22.5 Å². The molecule has 0 spiro atoms. The summed E-state index contributed by atoms with van der Waals surface area (Å²) in [7, 11) is -7.98. The topological polar surface area (TPSA) is 121 Å². The van der Waals surface area contributed by atoms with Gasteiger partial charge in [-0.05, 0) is 24.6 Å². The first kappa shape index (κ1) is 21.6. The van der Waals surface area contributed by atoms with E-state index in [-0.39, 0.29) is 29.3 Å². The smallest absolute Gasteiger partial charge is 0.321 e. The lowest BCUT2D eigenvalue weighted by Gasteiger charge is -2.19. The van der Waals surface area contributed by atoms with Gasteiger partial charge in [-0.3, -0.25) is 4.79 Å². The van der Waals surface area contributed by atoms with Gasteiger partial charge in [0.05, 0.1) is 9.79 Å². The summed E-state index contributed by atoms with van der Waals surface area (Å²) in [5, 5.41) is 9.11. The van der Waals surface area contributed by atoms with Crippen LogP contribution in [0.3, 0.4) is 0 Å². The second-order valence-electron chi connectivity index (χ2n) is 5.36. The summed E-state index contributed by atoms with van der Waals surface area (Å²) in [5.41, 5.74) is 0. The first-order valence-corrected chi connectivity index (χ1v) is 10.9. The monoisotopic (exact) mass is 392 g/mol. The Labute approximate surface area is 149 Å². The molecule has 10 heteroatoms. The number of carboxylic acids is 1. The van der Waals surface area contributed by atoms with Gasteiger partial charge in [0.15, 0.2) is 0 Å². The lowest BCUT2D eigenvalue weighted by molar-refractivity contribution is -0.139. The molecule has 25 heavy (non-hydrogen) atoms. The molecule has 1 aromatic rings. The van der Waals surface area contributed by atoms with Crippen molar-refractivity contribution >= 4 is 26.0 Å². The fraction of sp³-hybridized carbons (Fsp3) is 0.533. The molecule has 0 bridgehead atoms. The van der Waals surface area contributed by atoms with Gasteiger partial charge in [-0.1, -0.05) is 33.3 Å². The quantitative estimate of drug-likeness (QED) is 0.618. The molecule has 142 valence electrons. The highest BCUT2D eigenvalue weighted by Crippen LogP contribution is 2.20. The number of rotatable bonds is 10. The first-order valence-electron chi connectivity index (χ1n) is 7.95. The van der Waals surface area contributed by atoms with Crippen LogP contribution < -0.4 is 4.72 Å². The molecule has 2 N–H and O–H groups in total. The number of sulfonamides is 2. The summed E-state index contributed by atoms with van der Waals surface area (Å²) in [4.78, 5) is 10.7. The van der Waals surface area contributed by atoms with Crippen LogP contribution in [-0.4, -0.2) is 51.3 Å². The largest absolute Gasteiger partial charge is 0.480 e. The van der Waals surface area contributed by atoms with E-state index in [0.717, 1.165) is 6.07 Å². The van der Waals surface area contributed by atoms with Crippen LogP contribution in [0.5, 0.6) is 0 Å². The summed E-state index contributed by atoms with van der Waals surface area (Å²) < 4.78 is 53.2. The fourth-order valence-electron chi connectivity index (χ4n) is 2.29. The van der Waals surface area contributed by atoms with Crippen LogP contribution in [0.2, 0.25) is 0 Å². The van der Waals surface area contributed by atoms with Gasteiger partial charge in [-0.15, -0.1) is 0 Å². The summed E-state index contributed by atoms with van der Waals surface area (Å²) >= 11 is 0. The van der Waals surface area contributed by atoms with Crippen molar-refractivity contribution in [1.82, 2.24) is 9.03 Å². The van der Waals surface area contributed by atoms with Crippen molar-refractivity contribution in [1.29, 1.82) is 0 Å². The molecule has 0 saturated carbocycles. The van der Waals surface area contributed by atoms with Crippen LogP contribution >= 0.6 is 0 Å². The zero-order valence-electron chi connectivity index (χ0n) is 14.5. The Bertz CT molecular complexity index is 801. The Kier molecular flexibility index (Phi) is 7.54. The van der Waals surface area contributed by atoms with Gasteiger partial charge >= 0.3 is 5.97 Å². The van der Waals surface area contributed by atoms with Crippen molar-refractivity contribution < 1.29 is 26.7 Å². The Morgan fingerprint density at radius 2 is 1.68 bits per heavy atom. The lowest BCUT2D eigenvalue weighted by Crippen LogP contribution is -2.40. The molecule has 1 unspecified atom stereocenters. The number of hydrogen-bond acceptors (Lipinski definition) is 5. The highest BCUT2D eigenvalue weighted by Gasteiger charge is 2.27. The van der Waals surface area contributed by atoms with E-state index < -0.39 is 32.1 Å². The van der Waals surface area contributed by atoms with Crippen molar-refractivity contribution in [3.8, 4) is 0 Å². The summed E-state index contributed by atoms with van der Waals surface area (Å²) in [6.07, 6.45) is 0.613. The van der Waals surface area contributed by atoms with Crippen molar-refractivity contribution in [3.63, 3.8) is 0 Å². The third-order valence-electron chi connectivity index (χ3n) is 3.63. The number of hydrogen-bond donors (Lipinski definition) is 2. The third kappa shape index (κ3) is 5.24. The Morgan fingerprint density at radius 3 is 2.16 bits per heavy atom. The molecule has 8 nitrogen and oxygen atoms in total. The maximum Gasteiger partial charge on any atom is 0.321 e. The van der Waals surface area contributed by atoms with E-state index in [1.807, 2.05) is 0 Å². The average molecular weight is 392 g/mol. The zero-order valence-corrected chi connectivity index (χ0v) is 16.1. The van der Waals surface area contributed by atoms with E-state index in [1.54, 1.807) is 20.8 Å². The zero-order chi connectivity index (χ0) is 19.3. The number of nitrogens with one attached hydrogen (secondary N) is 1. The van der Waals surface area contributed by atoms with E-state index in [9.17, 15) is 21.6 Å². The van der Waals surface area contributed by atoms with Gasteiger partial charge in [0.25, 0.3) is 0 Å². The number of carboxylic acid groups (broad SMARTS) is 1. The molecular formula is C15H24N2O6S2. The predicted molar refractivity (Wildman–Crippen MR) is 93.2 cm³/mol. The Morgan fingerprint density at radius 1 is 1.12 bits per heavy atom. The molecule has 0 aromatic heterocycles. The lowest BCUT2D eigenvalue weighted by atomic mass is 10.2. The van der Waals surface area contributed by atoms with Crippen LogP contribution in [0.1, 0.15) is 33.6 Å². The summed E-state index contributed by atoms with van der Waals surface area (Å²) in [6, 6.07) is 3.64. The maximum absolute atomic E-state index is 12.5. The van der Waals surface area contributed by atoms with Crippen LogP contribution in [0.25, 0.3) is 0 Å². The standard InChI is InChI=1S/C15H24N2O6S2/c1-4-8-14(15(18)19)16-24(20,21)12-9-7-10-13(11-12)25(22,23)17(5-2)6-3/h7,9-11,14,16H,4-6,8H2,1-3H3,(H,18,19). The molecule has 0 aliphatic carbocycles. The first-order chi connectivity index (χ1) is 11.6. The third-order valence-corrected chi connectivity index (χ3v) is 7.15. The molecular weight excluding hydrogens is 368 g/mol. The number of carbonyl (C=O) groups is 1. The molecule has 0 fully saturated rings. The van der Waals surface area contributed by atoms with Crippen LogP contribution in [0.15, 0.2) is 34.1 Å². The van der Waals surface area contributed by atoms with E-state index in [0.29, 0.717) is 6.42 Å². The number of nitrogens with zero attached hydrogens (tertiary/aromatic N) is 1. The average Bonchev–Trinajstić information content (AvgIpc) is 2.55. The summed E-state index contributed by atoms with van der Waals surface area (Å²) in [5.74, 6) is -1.28. The molecule has 1 aromatic carbocycles. The van der Waals surface area contributed by atoms with Gasteiger partial charge in [0.1, 0.15) is 6.04 Å². The van der Waals surface area contributed by atoms with Crippen LogP contribution in [0.4, 0.5) is 0 Å². The second-order valence-corrected chi connectivity index (χ2v) is 9.02. The molecule has 1 atom stereocenters. The number of benzene rings is 1. The van der Waals surface area contributed by atoms with Crippen molar-refractivity contribution in [2.24, 2.45) is 0 Å². The molecule has 0 amide bonds. The molecule has 0 aliphatic heterocycles. The second kappa shape index (κ2) is 8.75. The number of aliphatic carboxylic acids is 1. The van der Waals surface area contributed by atoms with Crippen molar-refractivity contribution in [3.05, 3.63) is 24.3 Å². The Hall–Kier alpha value is -1.49. The minimum atomic E-state index is -4.16. The fourth-order valence-corrected chi connectivity index (χ4v) is 5.14. The van der Waals surface area contributed by atoms with Crippen molar-refractivity contribution in [2.75, 3.05) is 13.1 Å². The Balaban J connectivity index is 3.25. The van der Waals surface area contributed by atoms with Gasteiger partial charge in [-0.2, -0.15) is 9.03 Å².